The van der Waals surface area contributed by atoms with Crippen LogP contribution < -0.4 is 0 Å². The van der Waals surface area contributed by atoms with E-state index in [1.54, 1.807) is 27.0 Å². The van der Waals surface area contributed by atoms with Gasteiger partial charge in [0.2, 0.25) is 0 Å². The summed E-state index contributed by atoms with van der Waals surface area (Å²) < 4.78 is 5.12. The summed E-state index contributed by atoms with van der Waals surface area (Å²) in [7, 11) is 0. The van der Waals surface area contributed by atoms with Crippen molar-refractivity contribution >= 4 is 11.9 Å². The number of nitrogens with zero attached hydrogens (tertiary/aromatic N) is 2. The summed E-state index contributed by atoms with van der Waals surface area (Å²) in [6.45, 7) is 6.35. The first kappa shape index (κ1) is 18.2. The number of nitrogens with one attached hydrogen (secondary N) is 1. The minimum absolute atomic E-state index is 0.0356. The Morgan fingerprint density at radius 3 is 2.81 bits per heavy atom. The highest BCUT2D eigenvalue weighted by Gasteiger charge is 2.32. The molecule has 0 unspecified atom stereocenters. The van der Waals surface area contributed by atoms with Crippen molar-refractivity contribution in [3.63, 3.8) is 0 Å². The van der Waals surface area contributed by atoms with Crippen LogP contribution in [0.4, 0.5) is 0 Å². The second-order valence-corrected chi connectivity index (χ2v) is 6.61. The summed E-state index contributed by atoms with van der Waals surface area (Å²) in [5.41, 5.74) is 3.15. The molecule has 0 aliphatic carbocycles. The SMILES string of the molecule is CCOC(=O)c1c(C)[nH]c(C(=O)N2CCCC[C@@H]2c2ccccn2)c1C. The minimum atomic E-state index is -0.391. The van der Waals surface area contributed by atoms with E-state index >= 15 is 0 Å². The largest absolute Gasteiger partial charge is 0.462 e. The number of carbonyl (C=O) groups excluding carboxylic acids is 2. The van der Waals surface area contributed by atoms with Gasteiger partial charge < -0.3 is 14.6 Å². The molecular formula is C20H25N3O3. The molecule has 6 nitrogen and oxygen atoms in total. The maximum atomic E-state index is 13.3. The number of aryl methyl sites for hydroxylation is 1. The second-order valence-electron chi connectivity index (χ2n) is 6.61. The Labute approximate surface area is 153 Å². The van der Waals surface area contributed by atoms with E-state index in [1.165, 1.54) is 0 Å². The highest BCUT2D eigenvalue weighted by atomic mass is 16.5. The first-order chi connectivity index (χ1) is 12.5. The zero-order valence-electron chi connectivity index (χ0n) is 15.5. The van der Waals surface area contributed by atoms with E-state index < -0.39 is 5.97 Å². The van der Waals surface area contributed by atoms with Crippen LogP contribution in [-0.2, 0) is 4.74 Å². The Bertz CT molecular complexity index is 798. The van der Waals surface area contributed by atoms with Crippen molar-refractivity contribution in [3.8, 4) is 0 Å². The number of likely N-dealkylation sites (tertiary alicyclic amines) is 1. The van der Waals surface area contributed by atoms with Crippen LogP contribution in [0.3, 0.4) is 0 Å². The lowest BCUT2D eigenvalue weighted by molar-refractivity contribution is 0.0525. The molecule has 2 aromatic rings. The molecule has 2 aromatic heterocycles. The Kier molecular flexibility index (Phi) is 5.40. The van der Waals surface area contributed by atoms with Crippen LogP contribution in [0.5, 0.6) is 0 Å². The minimum Gasteiger partial charge on any atom is -0.462 e. The van der Waals surface area contributed by atoms with Gasteiger partial charge in [0.05, 0.1) is 23.9 Å². The molecule has 138 valence electrons. The summed E-state index contributed by atoms with van der Waals surface area (Å²) in [4.78, 5) is 34.9. The van der Waals surface area contributed by atoms with Crippen molar-refractivity contribution in [2.75, 3.05) is 13.2 Å². The number of ether oxygens (including phenoxy) is 1. The van der Waals surface area contributed by atoms with Gasteiger partial charge in [-0.1, -0.05) is 6.07 Å². The zero-order valence-corrected chi connectivity index (χ0v) is 15.5. The quantitative estimate of drug-likeness (QED) is 0.851. The van der Waals surface area contributed by atoms with Gasteiger partial charge in [-0.05, 0) is 57.7 Å². The highest BCUT2D eigenvalue weighted by molar-refractivity contribution is 6.00. The number of H-pyrrole nitrogens is 1. The first-order valence-corrected chi connectivity index (χ1v) is 9.12. The molecule has 0 spiro atoms. The molecule has 1 amide bonds. The van der Waals surface area contributed by atoms with Gasteiger partial charge in [-0.15, -0.1) is 0 Å². The Morgan fingerprint density at radius 1 is 1.31 bits per heavy atom. The van der Waals surface area contributed by atoms with Gasteiger partial charge in [0.15, 0.2) is 0 Å². The Hall–Kier alpha value is -2.63. The molecule has 1 saturated heterocycles. The molecule has 0 bridgehead atoms. The molecule has 3 heterocycles. The van der Waals surface area contributed by atoms with E-state index in [4.69, 9.17) is 4.74 Å². The molecule has 1 aliphatic rings. The van der Waals surface area contributed by atoms with Gasteiger partial charge in [0.25, 0.3) is 5.91 Å². The number of amides is 1. The zero-order chi connectivity index (χ0) is 18.7. The number of carbonyl (C=O) groups is 2. The molecular weight excluding hydrogens is 330 g/mol. The van der Waals surface area contributed by atoms with Gasteiger partial charge >= 0.3 is 5.97 Å². The monoisotopic (exact) mass is 355 g/mol. The van der Waals surface area contributed by atoms with Crippen molar-refractivity contribution in [2.24, 2.45) is 0 Å². The number of hydrogen-bond acceptors (Lipinski definition) is 4. The first-order valence-electron chi connectivity index (χ1n) is 9.12. The molecule has 1 aliphatic heterocycles. The lowest BCUT2D eigenvalue weighted by atomic mass is 9.98. The third-order valence-electron chi connectivity index (χ3n) is 4.92. The average molecular weight is 355 g/mol. The van der Waals surface area contributed by atoms with Crippen LogP contribution in [-0.4, -0.2) is 39.9 Å². The standard InChI is InChI=1S/C20H25N3O3/c1-4-26-20(25)17-13(2)18(22-14(17)3)19(24)23-12-8-6-10-16(23)15-9-5-7-11-21-15/h5,7,9,11,16,22H,4,6,8,10,12H2,1-3H3/t16-/m1/s1. The summed E-state index contributed by atoms with van der Waals surface area (Å²) in [5.74, 6) is -0.478. The van der Waals surface area contributed by atoms with Gasteiger partial charge in [-0.25, -0.2) is 4.79 Å². The van der Waals surface area contributed by atoms with E-state index in [-0.39, 0.29) is 11.9 Å². The van der Waals surface area contributed by atoms with Crippen molar-refractivity contribution in [1.82, 2.24) is 14.9 Å². The molecule has 1 N–H and O–H groups in total. The number of aromatic nitrogens is 2. The van der Waals surface area contributed by atoms with Gasteiger partial charge in [0, 0.05) is 18.4 Å². The smallest absolute Gasteiger partial charge is 0.340 e. The Morgan fingerprint density at radius 2 is 2.12 bits per heavy atom. The third-order valence-corrected chi connectivity index (χ3v) is 4.92. The normalized spacial score (nSPS) is 17.2. The van der Waals surface area contributed by atoms with Crippen molar-refractivity contribution in [3.05, 3.63) is 52.6 Å². The fourth-order valence-corrected chi connectivity index (χ4v) is 3.67. The molecule has 0 saturated carbocycles. The molecule has 6 heteroatoms. The van der Waals surface area contributed by atoms with E-state index in [0.29, 0.717) is 35.7 Å². The maximum Gasteiger partial charge on any atom is 0.340 e. The maximum absolute atomic E-state index is 13.3. The molecule has 26 heavy (non-hydrogen) atoms. The molecule has 1 atom stereocenters. The van der Waals surface area contributed by atoms with Crippen LogP contribution >= 0.6 is 0 Å². The third kappa shape index (κ3) is 3.36. The van der Waals surface area contributed by atoms with Gasteiger partial charge in [-0.2, -0.15) is 0 Å². The van der Waals surface area contributed by atoms with Crippen molar-refractivity contribution in [2.45, 2.75) is 46.1 Å². The molecule has 0 radical (unpaired) electrons. The van der Waals surface area contributed by atoms with E-state index in [9.17, 15) is 9.59 Å². The Balaban J connectivity index is 1.93. The van der Waals surface area contributed by atoms with Crippen LogP contribution in [0.1, 0.15) is 70.0 Å². The summed E-state index contributed by atoms with van der Waals surface area (Å²) in [5, 5.41) is 0. The fraction of sp³-hybridized carbons (Fsp3) is 0.450. The second kappa shape index (κ2) is 7.72. The van der Waals surface area contributed by atoms with E-state index in [0.717, 1.165) is 25.0 Å². The highest BCUT2D eigenvalue weighted by Crippen LogP contribution is 2.32. The molecule has 3 rings (SSSR count). The van der Waals surface area contributed by atoms with Gasteiger partial charge in [0.1, 0.15) is 5.69 Å². The topological polar surface area (TPSA) is 75.3 Å². The lowest BCUT2D eigenvalue weighted by Crippen LogP contribution is -2.39. The van der Waals surface area contributed by atoms with Crippen LogP contribution in [0.15, 0.2) is 24.4 Å². The number of hydrogen-bond donors (Lipinski definition) is 1. The van der Waals surface area contributed by atoms with Gasteiger partial charge in [-0.3, -0.25) is 9.78 Å². The van der Waals surface area contributed by atoms with Crippen LogP contribution in [0.2, 0.25) is 0 Å². The summed E-state index contributed by atoms with van der Waals surface area (Å²) >= 11 is 0. The van der Waals surface area contributed by atoms with Crippen molar-refractivity contribution < 1.29 is 14.3 Å². The number of rotatable bonds is 4. The fourth-order valence-electron chi connectivity index (χ4n) is 3.67. The average Bonchev–Trinajstić information content (AvgIpc) is 2.96. The van der Waals surface area contributed by atoms with E-state index in [2.05, 4.69) is 9.97 Å². The van der Waals surface area contributed by atoms with Crippen LogP contribution in [0.25, 0.3) is 0 Å². The summed E-state index contributed by atoms with van der Waals surface area (Å²) in [6, 6.07) is 5.75. The molecule has 0 aromatic carbocycles. The predicted molar refractivity (Wildman–Crippen MR) is 98.1 cm³/mol. The number of esters is 1. The molecule has 1 fully saturated rings. The summed E-state index contributed by atoms with van der Waals surface area (Å²) in [6.07, 6.45) is 4.70. The predicted octanol–water partition coefficient (Wildman–Crippen LogP) is 3.57. The van der Waals surface area contributed by atoms with Crippen LogP contribution in [0, 0.1) is 13.8 Å². The lowest BCUT2D eigenvalue weighted by Gasteiger charge is -2.35. The van der Waals surface area contributed by atoms with Crippen molar-refractivity contribution in [1.29, 1.82) is 0 Å². The van der Waals surface area contributed by atoms with E-state index in [1.807, 2.05) is 23.1 Å². The number of aromatic amines is 1. The number of piperidine rings is 1. The number of pyridine rings is 1.